The van der Waals surface area contributed by atoms with Gasteiger partial charge in [-0.3, -0.25) is 0 Å². The molecule has 0 rings (SSSR count). The Morgan fingerprint density at radius 3 is 1.36 bits per heavy atom. The molecule has 14 heavy (non-hydrogen) atoms. The van der Waals surface area contributed by atoms with Crippen LogP contribution in [-0.2, 0) is 0 Å². The first-order chi connectivity index (χ1) is 6.29. The van der Waals surface area contributed by atoms with Gasteiger partial charge in [-0.15, -0.1) is 0 Å². The van der Waals surface area contributed by atoms with E-state index >= 15 is 0 Å². The minimum absolute atomic E-state index is 0.394. The zero-order chi connectivity index (χ0) is 11.5. The Balaban J connectivity index is 4.82. The molecule has 1 nitrogen and oxygen atoms in total. The molecule has 0 aromatic rings. The van der Waals surface area contributed by atoms with Crippen LogP contribution < -0.4 is 5.73 Å². The second-order valence-electron chi connectivity index (χ2n) is 3.22. The molecule has 0 aromatic heterocycles. The van der Waals surface area contributed by atoms with Gasteiger partial charge in [-0.25, -0.2) is 0 Å². The van der Waals surface area contributed by atoms with Crippen molar-refractivity contribution in [3.05, 3.63) is 73.0 Å². The average Bonchev–Trinajstić information content (AvgIpc) is 2.12. The summed E-state index contributed by atoms with van der Waals surface area (Å²) in [5.74, 6) is 0. The summed E-state index contributed by atoms with van der Waals surface area (Å²) in [6.07, 6.45) is 0. The van der Waals surface area contributed by atoms with E-state index in [1.807, 2.05) is 6.92 Å². The lowest BCUT2D eigenvalue weighted by atomic mass is 9.92. The van der Waals surface area contributed by atoms with E-state index in [0.29, 0.717) is 22.4 Å². The smallest absolute Gasteiger partial charge is 0.0314 e. The van der Waals surface area contributed by atoms with Gasteiger partial charge in [0.25, 0.3) is 0 Å². The van der Waals surface area contributed by atoms with Crippen molar-refractivity contribution in [3.8, 4) is 0 Å². The lowest BCUT2D eigenvalue weighted by Gasteiger charge is -2.14. The third-order valence-corrected chi connectivity index (χ3v) is 2.00. The highest BCUT2D eigenvalue weighted by Crippen LogP contribution is 2.26. The first-order valence-corrected chi connectivity index (χ1v) is 4.16. The average molecular weight is 187 g/mol. The number of nitrogens with two attached hydrogens (primary N) is 1. The number of hydrogen-bond donors (Lipinski definition) is 1. The van der Waals surface area contributed by atoms with Gasteiger partial charge in [0.2, 0.25) is 0 Å². The van der Waals surface area contributed by atoms with Crippen molar-refractivity contribution in [2.45, 2.75) is 6.92 Å². The van der Waals surface area contributed by atoms with E-state index in [2.05, 4.69) is 39.5 Å². The lowest BCUT2D eigenvalue weighted by Crippen LogP contribution is -2.03. The van der Waals surface area contributed by atoms with Gasteiger partial charge in [-0.05, 0) is 29.2 Å². The molecule has 0 aliphatic rings. The summed E-state index contributed by atoms with van der Waals surface area (Å²) in [4.78, 5) is 0. The topological polar surface area (TPSA) is 26.0 Å². The minimum Gasteiger partial charge on any atom is -0.399 e. The van der Waals surface area contributed by atoms with Crippen LogP contribution in [0.25, 0.3) is 0 Å². The van der Waals surface area contributed by atoms with E-state index in [-0.39, 0.29) is 0 Å². The van der Waals surface area contributed by atoms with Crippen molar-refractivity contribution in [1.82, 2.24) is 0 Å². The summed E-state index contributed by atoms with van der Waals surface area (Å²) >= 11 is 0. The zero-order valence-corrected chi connectivity index (χ0v) is 8.82. The summed E-state index contributed by atoms with van der Waals surface area (Å²) in [5, 5.41) is 0. The molecule has 0 aliphatic heterocycles. The van der Waals surface area contributed by atoms with Crippen LogP contribution in [-0.4, -0.2) is 0 Å². The van der Waals surface area contributed by atoms with Crippen LogP contribution in [0.5, 0.6) is 0 Å². The summed E-state index contributed by atoms with van der Waals surface area (Å²) < 4.78 is 0. The molecule has 0 saturated carbocycles. The molecule has 0 radical (unpaired) electrons. The fraction of sp³-hybridized carbons (Fsp3) is 0.0769. The Kier molecular flexibility index (Phi) is 3.91. The van der Waals surface area contributed by atoms with E-state index in [9.17, 15) is 0 Å². The largest absolute Gasteiger partial charge is 0.399 e. The highest BCUT2D eigenvalue weighted by atomic mass is 14.6. The predicted octanol–water partition coefficient (Wildman–Crippen LogP) is 3.26. The monoisotopic (exact) mass is 187 g/mol. The first kappa shape index (κ1) is 12.2. The van der Waals surface area contributed by atoms with Crippen LogP contribution in [0.4, 0.5) is 0 Å². The molecular formula is C13H17N. The van der Waals surface area contributed by atoms with Crippen molar-refractivity contribution < 1.29 is 0 Å². The van der Waals surface area contributed by atoms with E-state index in [0.717, 1.165) is 11.1 Å². The normalized spacial score (nSPS) is 8.93. The van der Waals surface area contributed by atoms with Gasteiger partial charge < -0.3 is 5.73 Å². The molecule has 0 saturated heterocycles. The van der Waals surface area contributed by atoms with Crippen molar-refractivity contribution >= 4 is 0 Å². The van der Waals surface area contributed by atoms with Crippen LogP contribution in [0, 0.1) is 0 Å². The van der Waals surface area contributed by atoms with Crippen LogP contribution in [0.15, 0.2) is 73.0 Å². The fourth-order valence-electron chi connectivity index (χ4n) is 0.816. The highest BCUT2D eigenvalue weighted by Gasteiger charge is 2.09. The lowest BCUT2D eigenvalue weighted by molar-refractivity contribution is 1.30. The molecule has 0 bridgehead atoms. The van der Waals surface area contributed by atoms with Crippen LogP contribution in [0.2, 0.25) is 0 Å². The Morgan fingerprint density at radius 1 is 0.714 bits per heavy atom. The molecule has 0 amide bonds. The summed E-state index contributed by atoms with van der Waals surface area (Å²) in [5.41, 5.74) is 9.47. The van der Waals surface area contributed by atoms with Crippen LogP contribution in [0.1, 0.15) is 6.92 Å². The summed E-state index contributed by atoms with van der Waals surface area (Å²) in [7, 11) is 0. The third kappa shape index (κ3) is 2.63. The molecule has 0 atom stereocenters. The van der Waals surface area contributed by atoms with Gasteiger partial charge >= 0.3 is 0 Å². The van der Waals surface area contributed by atoms with Crippen LogP contribution in [0.3, 0.4) is 0 Å². The number of rotatable bonds is 5. The van der Waals surface area contributed by atoms with E-state index < -0.39 is 0 Å². The van der Waals surface area contributed by atoms with Crippen molar-refractivity contribution in [2.24, 2.45) is 5.73 Å². The molecule has 0 aliphatic carbocycles. The fourth-order valence-corrected chi connectivity index (χ4v) is 0.816. The van der Waals surface area contributed by atoms with Gasteiger partial charge in [0.15, 0.2) is 0 Å². The van der Waals surface area contributed by atoms with Crippen molar-refractivity contribution in [1.29, 1.82) is 0 Å². The third-order valence-electron chi connectivity index (χ3n) is 2.00. The minimum atomic E-state index is 0.394. The van der Waals surface area contributed by atoms with Crippen molar-refractivity contribution in [3.63, 3.8) is 0 Å². The molecule has 2 N–H and O–H groups in total. The second-order valence-corrected chi connectivity index (χ2v) is 3.22. The molecule has 0 aromatic carbocycles. The molecule has 0 heterocycles. The Hall–Kier alpha value is -1.76. The van der Waals surface area contributed by atoms with E-state index in [1.54, 1.807) is 0 Å². The Bertz CT molecular complexity index is 317. The SMILES string of the molecule is C=C(C)C(=C)C(=C)C(=C)C(=C)C(=C)N. The molecule has 1 heteroatoms. The van der Waals surface area contributed by atoms with Gasteiger partial charge in [0, 0.05) is 5.70 Å². The first-order valence-electron chi connectivity index (χ1n) is 4.16. The molecular weight excluding hydrogens is 170 g/mol. The molecule has 74 valence electrons. The molecule has 0 unspecified atom stereocenters. The van der Waals surface area contributed by atoms with Gasteiger partial charge in [0.05, 0.1) is 0 Å². The Morgan fingerprint density at radius 2 is 1.07 bits per heavy atom. The van der Waals surface area contributed by atoms with E-state index in [1.165, 1.54) is 0 Å². The zero-order valence-electron chi connectivity index (χ0n) is 8.82. The molecule has 0 spiro atoms. The van der Waals surface area contributed by atoms with Gasteiger partial charge in [-0.1, -0.05) is 45.0 Å². The van der Waals surface area contributed by atoms with Gasteiger partial charge in [0.1, 0.15) is 0 Å². The number of hydrogen-bond acceptors (Lipinski definition) is 1. The maximum atomic E-state index is 5.50. The van der Waals surface area contributed by atoms with E-state index in [4.69, 9.17) is 5.73 Å². The maximum absolute atomic E-state index is 5.50. The molecule has 0 fully saturated rings. The van der Waals surface area contributed by atoms with Gasteiger partial charge in [-0.2, -0.15) is 0 Å². The quantitative estimate of drug-likeness (QED) is 0.657. The van der Waals surface area contributed by atoms with Crippen LogP contribution >= 0.6 is 0 Å². The maximum Gasteiger partial charge on any atom is 0.0314 e. The Labute approximate surface area is 86.3 Å². The summed E-state index contributed by atoms with van der Waals surface area (Å²) in [6.45, 7) is 24.5. The highest BCUT2D eigenvalue weighted by molar-refractivity contribution is 5.60. The van der Waals surface area contributed by atoms with Crippen molar-refractivity contribution in [2.75, 3.05) is 0 Å². The predicted molar refractivity (Wildman–Crippen MR) is 64.7 cm³/mol. The number of allylic oxidation sites excluding steroid dienone is 4. The summed E-state index contributed by atoms with van der Waals surface area (Å²) in [6, 6.07) is 0. The second kappa shape index (κ2) is 4.47. The standard InChI is InChI=1S/C13H17N/c1-8(2)9(3)10(4)11(5)12(6)13(7)14/h1,3-7,14H2,2H3.